The van der Waals surface area contributed by atoms with Crippen LogP contribution in [0.1, 0.15) is 15.3 Å². The minimum Gasteiger partial charge on any atom is -0.359 e. The molecule has 0 atom stereocenters. The maximum absolute atomic E-state index is 4.22. The van der Waals surface area contributed by atoms with Gasteiger partial charge in [-0.05, 0) is 25.5 Å². The number of anilines is 1. The Morgan fingerprint density at radius 2 is 2.27 bits per heavy atom. The van der Waals surface area contributed by atoms with Gasteiger partial charge in [0.15, 0.2) is 0 Å². The minimum atomic E-state index is 0.898. The maximum atomic E-state index is 4.22. The molecule has 80 valence electrons. The van der Waals surface area contributed by atoms with Crippen LogP contribution in [0.15, 0.2) is 18.5 Å². The molecule has 15 heavy (non-hydrogen) atoms. The van der Waals surface area contributed by atoms with E-state index in [0.29, 0.717) is 0 Å². The molecule has 0 saturated carbocycles. The number of aryl methyl sites for hydroxylation is 2. The van der Waals surface area contributed by atoms with E-state index in [-0.39, 0.29) is 0 Å². The van der Waals surface area contributed by atoms with E-state index in [1.54, 1.807) is 0 Å². The van der Waals surface area contributed by atoms with Crippen LogP contribution in [0.5, 0.6) is 0 Å². The number of hydrogen-bond donors (Lipinski definition) is 1. The lowest BCUT2D eigenvalue weighted by molar-refractivity contribution is 0.817. The highest BCUT2D eigenvalue weighted by Crippen LogP contribution is 2.22. The minimum absolute atomic E-state index is 0.898. The third kappa shape index (κ3) is 2.04. The lowest BCUT2D eigenvalue weighted by atomic mass is 10.3. The maximum Gasteiger partial charge on any atom is 0.202 e. The van der Waals surface area contributed by atoms with Crippen LogP contribution in [0.3, 0.4) is 0 Å². The summed E-state index contributed by atoms with van der Waals surface area (Å²) in [5.74, 6) is 0.915. The molecule has 4 heteroatoms. The van der Waals surface area contributed by atoms with E-state index < -0.39 is 0 Å². The number of hydrogen-bond acceptors (Lipinski definition) is 3. The average Bonchev–Trinajstić information content (AvgIpc) is 2.75. The largest absolute Gasteiger partial charge is 0.359 e. The van der Waals surface area contributed by atoms with Crippen molar-refractivity contribution in [1.29, 1.82) is 0 Å². The Labute approximate surface area is 93.8 Å². The van der Waals surface area contributed by atoms with Gasteiger partial charge in [0, 0.05) is 29.2 Å². The zero-order valence-electron chi connectivity index (χ0n) is 9.24. The molecule has 0 saturated heterocycles. The number of rotatable bonds is 3. The highest BCUT2D eigenvalue weighted by Gasteiger charge is 2.05. The molecule has 2 aromatic heterocycles. The molecule has 0 aliphatic rings. The van der Waals surface area contributed by atoms with Crippen molar-refractivity contribution in [1.82, 2.24) is 9.55 Å². The Balaban J connectivity index is 2.21. The van der Waals surface area contributed by atoms with Crippen LogP contribution in [-0.2, 0) is 6.54 Å². The zero-order chi connectivity index (χ0) is 10.8. The predicted octanol–water partition coefficient (Wildman–Crippen LogP) is 2.65. The van der Waals surface area contributed by atoms with Gasteiger partial charge in [0.05, 0.1) is 6.54 Å². The van der Waals surface area contributed by atoms with Gasteiger partial charge in [0.1, 0.15) is 0 Å². The summed E-state index contributed by atoms with van der Waals surface area (Å²) in [6.45, 7) is 5.22. The fourth-order valence-corrected chi connectivity index (χ4v) is 2.61. The Hall–Kier alpha value is -1.29. The number of nitrogens with one attached hydrogen (secondary N) is 1. The molecule has 0 fully saturated rings. The van der Waals surface area contributed by atoms with Crippen molar-refractivity contribution in [3.8, 4) is 0 Å². The molecule has 0 unspecified atom stereocenters. The Kier molecular flexibility index (Phi) is 2.77. The lowest BCUT2D eigenvalue weighted by Gasteiger charge is -2.04. The molecular formula is C11H15N3S. The van der Waals surface area contributed by atoms with E-state index in [1.807, 2.05) is 30.8 Å². The van der Waals surface area contributed by atoms with Crippen LogP contribution in [0.2, 0.25) is 0 Å². The van der Waals surface area contributed by atoms with Gasteiger partial charge in [-0.15, -0.1) is 11.3 Å². The summed E-state index contributed by atoms with van der Waals surface area (Å²) >= 11 is 1.86. The van der Waals surface area contributed by atoms with E-state index in [4.69, 9.17) is 0 Å². The molecule has 0 spiro atoms. The van der Waals surface area contributed by atoms with Crippen molar-refractivity contribution in [3.05, 3.63) is 33.8 Å². The SMILES string of the molecule is CNc1nccn1Cc1cc(C)c(C)s1. The first-order chi connectivity index (χ1) is 7.20. The molecule has 0 aliphatic carbocycles. The third-order valence-corrected chi connectivity index (χ3v) is 3.62. The average molecular weight is 221 g/mol. The van der Waals surface area contributed by atoms with E-state index in [0.717, 1.165) is 12.5 Å². The third-order valence-electron chi connectivity index (χ3n) is 2.48. The molecule has 0 bridgehead atoms. The van der Waals surface area contributed by atoms with Gasteiger partial charge in [-0.25, -0.2) is 4.98 Å². The topological polar surface area (TPSA) is 29.9 Å². The summed E-state index contributed by atoms with van der Waals surface area (Å²) in [4.78, 5) is 6.99. The highest BCUT2D eigenvalue weighted by atomic mass is 32.1. The quantitative estimate of drug-likeness (QED) is 0.863. The summed E-state index contributed by atoms with van der Waals surface area (Å²) in [6, 6.07) is 2.25. The van der Waals surface area contributed by atoms with Crippen LogP contribution in [-0.4, -0.2) is 16.6 Å². The van der Waals surface area contributed by atoms with E-state index in [9.17, 15) is 0 Å². The van der Waals surface area contributed by atoms with Gasteiger partial charge in [0.25, 0.3) is 0 Å². The second kappa shape index (κ2) is 4.06. The van der Waals surface area contributed by atoms with E-state index in [1.165, 1.54) is 15.3 Å². The van der Waals surface area contributed by atoms with Crippen LogP contribution in [0.25, 0.3) is 0 Å². The van der Waals surface area contributed by atoms with E-state index >= 15 is 0 Å². The first kappa shape index (κ1) is 10.2. The smallest absolute Gasteiger partial charge is 0.202 e. The summed E-state index contributed by atoms with van der Waals surface area (Å²) in [6.07, 6.45) is 3.81. The van der Waals surface area contributed by atoms with Crippen LogP contribution in [0, 0.1) is 13.8 Å². The molecule has 3 nitrogen and oxygen atoms in total. The van der Waals surface area contributed by atoms with Crippen molar-refractivity contribution in [3.63, 3.8) is 0 Å². The predicted molar refractivity (Wildman–Crippen MR) is 64.7 cm³/mol. The highest BCUT2D eigenvalue weighted by molar-refractivity contribution is 7.12. The number of aromatic nitrogens is 2. The number of imidazole rings is 1. The standard InChI is InChI=1S/C11H15N3S/c1-8-6-10(15-9(8)2)7-14-5-4-13-11(14)12-3/h4-6H,7H2,1-3H3,(H,12,13). The van der Waals surface area contributed by atoms with Crippen molar-refractivity contribution in [2.24, 2.45) is 0 Å². The van der Waals surface area contributed by atoms with Gasteiger partial charge in [-0.2, -0.15) is 0 Å². The molecule has 0 aromatic carbocycles. The van der Waals surface area contributed by atoms with Crippen LogP contribution in [0.4, 0.5) is 5.95 Å². The lowest BCUT2D eigenvalue weighted by Crippen LogP contribution is -2.02. The summed E-state index contributed by atoms with van der Waals surface area (Å²) in [7, 11) is 1.89. The van der Waals surface area contributed by atoms with Crippen LogP contribution < -0.4 is 5.32 Å². The summed E-state index contributed by atoms with van der Waals surface area (Å²) in [5, 5.41) is 3.07. The van der Waals surface area contributed by atoms with Gasteiger partial charge < -0.3 is 9.88 Å². The zero-order valence-corrected chi connectivity index (χ0v) is 10.1. The van der Waals surface area contributed by atoms with Gasteiger partial charge >= 0.3 is 0 Å². The van der Waals surface area contributed by atoms with Crippen molar-refractivity contribution in [2.75, 3.05) is 12.4 Å². The summed E-state index contributed by atoms with van der Waals surface area (Å²) < 4.78 is 2.12. The molecule has 0 aliphatic heterocycles. The molecule has 1 N–H and O–H groups in total. The second-order valence-electron chi connectivity index (χ2n) is 3.58. The van der Waals surface area contributed by atoms with Gasteiger partial charge in [0.2, 0.25) is 5.95 Å². The van der Waals surface area contributed by atoms with Gasteiger partial charge in [-0.1, -0.05) is 0 Å². The second-order valence-corrected chi connectivity index (χ2v) is 4.92. The Morgan fingerprint density at radius 3 is 2.87 bits per heavy atom. The number of thiophene rings is 1. The first-order valence-electron chi connectivity index (χ1n) is 4.95. The van der Waals surface area contributed by atoms with Crippen molar-refractivity contribution < 1.29 is 0 Å². The fraction of sp³-hybridized carbons (Fsp3) is 0.364. The normalized spacial score (nSPS) is 10.6. The Bertz CT molecular complexity index is 437. The van der Waals surface area contributed by atoms with Crippen molar-refractivity contribution >= 4 is 17.3 Å². The Morgan fingerprint density at radius 1 is 1.47 bits per heavy atom. The fourth-order valence-electron chi connectivity index (χ4n) is 1.56. The van der Waals surface area contributed by atoms with Gasteiger partial charge in [-0.3, -0.25) is 0 Å². The van der Waals surface area contributed by atoms with Crippen molar-refractivity contribution in [2.45, 2.75) is 20.4 Å². The number of nitrogens with zero attached hydrogens (tertiary/aromatic N) is 2. The van der Waals surface area contributed by atoms with Crippen LogP contribution >= 0.6 is 11.3 Å². The summed E-state index contributed by atoms with van der Waals surface area (Å²) in [5.41, 5.74) is 1.38. The molecular weight excluding hydrogens is 206 g/mol. The molecule has 2 aromatic rings. The molecule has 0 amide bonds. The van der Waals surface area contributed by atoms with E-state index in [2.05, 4.69) is 34.8 Å². The molecule has 2 heterocycles. The molecule has 2 rings (SSSR count). The monoisotopic (exact) mass is 221 g/mol. The first-order valence-corrected chi connectivity index (χ1v) is 5.77. The molecule has 0 radical (unpaired) electrons.